The topological polar surface area (TPSA) is 237 Å². The Bertz CT molecular complexity index is 1730. The molecular weight excluding hydrogens is 1150 g/mol. The second kappa shape index (κ2) is 57.9. The molecule has 0 saturated carbocycles. The van der Waals surface area contributed by atoms with Crippen LogP contribution in [0.5, 0.6) is 0 Å². The number of phosphoric ester groups is 2. The molecule has 0 heterocycles. The molecule has 3 N–H and O–H groups in total. The number of phosphoric acid groups is 2. The molecule has 0 aromatic heterocycles. The molecule has 0 saturated heterocycles. The van der Waals surface area contributed by atoms with Crippen molar-refractivity contribution in [3.05, 3.63) is 0 Å². The summed E-state index contributed by atoms with van der Waals surface area (Å²) in [5.74, 6) is 0.814. The lowest BCUT2D eigenvalue weighted by molar-refractivity contribution is -0.161. The Morgan fingerprint density at radius 1 is 0.322 bits per heavy atom. The summed E-state index contributed by atoms with van der Waals surface area (Å²) in [6.45, 7) is 14.0. The van der Waals surface area contributed by atoms with Crippen molar-refractivity contribution in [2.45, 2.75) is 350 Å². The molecule has 0 aromatic carbocycles. The second-order valence-corrected chi connectivity index (χ2v) is 29.1. The van der Waals surface area contributed by atoms with Gasteiger partial charge in [0.05, 0.1) is 26.4 Å². The second-order valence-electron chi connectivity index (χ2n) is 26.2. The number of hydrogen-bond donors (Lipinski definition) is 3. The highest BCUT2D eigenvalue weighted by Crippen LogP contribution is 2.45. The fraction of sp³-hybridized carbons (Fsp3) is 0.941. The van der Waals surface area contributed by atoms with Crippen molar-refractivity contribution in [2.75, 3.05) is 39.6 Å². The average Bonchev–Trinajstić information content (AvgIpc) is 3.67. The van der Waals surface area contributed by atoms with E-state index in [2.05, 4.69) is 55.4 Å². The third-order valence-electron chi connectivity index (χ3n) is 15.9. The molecule has 0 radical (unpaired) electrons. The lowest BCUT2D eigenvalue weighted by atomic mass is 9.99. The molecule has 0 aromatic rings. The Morgan fingerprint density at radius 2 is 0.552 bits per heavy atom. The van der Waals surface area contributed by atoms with Crippen LogP contribution in [0.2, 0.25) is 0 Å². The van der Waals surface area contributed by atoms with Crippen LogP contribution in [0.3, 0.4) is 0 Å². The maximum atomic E-state index is 13.0. The van der Waals surface area contributed by atoms with Crippen LogP contribution in [-0.4, -0.2) is 96.7 Å². The third-order valence-corrected chi connectivity index (χ3v) is 17.8. The smallest absolute Gasteiger partial charge is 0.462 e. The predicted molar refractivity (Wildman–Crippen MR) is 349 cm³/mol. The van der Waals surface area contributed by atoms with E-state index in [1.807, 2.05) is 0 Å². The molecule has 0 rings (SSSR count). The minimum Gasteiger partial charge on any atom is -0.462 e. The van der Waals surface area contributed by atoms with E-state index in [1.165, 1.54) is 128 Å². The number of rotatable bonds is 65. The minimum absolute atomic E-state index is 0.102. The Morgan fingerprint density at radius 3 is 0.816 bits per heavy atom. The Hall–Kier alpha value is -1.94. The van der Waals surface area contributed by atoms with Gasteiger partial charge in [0.25, 0.3) is 0 Å². The minimum atomic E-state index is -4.95. The number of ether oxygens (including phenoxy) is 4. The maximum Gasteiger partial charge on any atom is 0.472 e. The normalized spacial score (nSPS) is 14.6. The first-order valence-corrected chi connectivity index (χ1v) is 38.2. The van der Waals surface area contributed by atoms with Crippen molar-refractivity contribution in [1.29, 1.82) is 0 Å². The van der Waals surface area contributed by atoms with Gasteiger partial charge in [0.15, 0.2) is 12.2 Å². The van der Waals surface area contributed by atoms with Crippen molar-refractivity contribution in [3.8, 4) is 0 Å². The van der Waals surface area contributed by atoms with Crippen LogP contribution in [0.15, 0.2) is 0 Å². The lowest BCUT2D eigenvalue weighted by Crippen LogP contribution is -2.30. The third kappa shape index (κ3) is 61.3. The molecule has 87 heavy (non-hydrogen) atoms. The number of carbonyl (C=O) groups excluding carboxylic acids is 4. The first-order valence-electron chi connectivity index (χ1n) is 35.2. The van der Waals surface area contributed by atoms with Gasteiger partial charge in [-0.3, -0.25) is 37.3 Å². The van der Waals surface area contributed by atoms with E-state index >= 15 is 0 Å². The van der Waals surface area contributed by atoms with Crippen molar-refractivity contribution in [1.82, 2.24) is 0 Å². The van der Waals surface area contributed by atoms with Crippen LogP contribution < -0.4 is 0 Å². The van der Waals surface area contributed by atoms with E-state index in [9.17, 15) is 43.2 Å². The summed E-state index contributed by atoms with van der Waals surface area (Å²) in [7, 11) is -9.90. The summed E-state index contributed by atoms with van der Waals surface area (Å²) >= 11 is 0. The van der Waals surface area contributed by atoms with Crippen molar-refractivity contribution >= 4 is 39.5 Å². The Kier molecular flexibility index (Phi) is 56.6. The van der Waals surface area contributed by atoms with Gasteiger partial charge in [-0.05, 0) is 49.4 Å². The predicted octanol–water partition coefficient (Wildman–Crippen LogP) is 18.9. The fourth-order valence-corrected chi connectivity index (χ4v) is 11.7. The van der Waals surface area contributed by atoms with Gasteiger partial charge in [0.2, 0.25) is 0 Å². The van der Waals surface area contributed by atoms with Gasteiger partial charge in [0, 0.05) is 25.7 Å². The standard InChI is InChI=1S/C68H132O17P2/c1-9-61(8)47-39-31-22-16-13-14-18-24-34-42-50-67(72)84-63(54-78-65(70)48-40-32-23-17-12-10-11-15-20-28-36-44-58(2)3)56-82-86(74,75)80-52-62(69)53-81-87(76,77)83-57-64(55-79-66(71)49-41-33-27-26-30-38-46-60(6)7)85-68(73)51-43-35-25-19-21-29-37-45-59(4)5/h58-64,69H,9-57H2,1-8H3,(H,74,75)(H,76,77)/t61?,62-,63-,64-/m1/s1. The zero-order chi connectivity index (χ0) is 64.7. The van der Waals surface area contributed by atoms with E-state index in [1.54, 1.807) is 0 Å². The number of esters is 4. The van der Waals surface area contributed by atoms with Crippen LogP contribution >= 0.6 is 15.6 Å². The molecule has 0 amide bonds. The summed E-state index contributed by atoms with van der Waals surface area (Å²) in [5, 5.41) is 10.6. The van der Waals surface area contributed by atoms with E-state index in [0.29, 0.717) is 37.5 Å². The van der Waals surface area contributed by atoms with Gasteiger partial charge < -0.3 is 33.8 Å². The van der Waals surface area contributed by atoms with Crippen LogP contribution in [0, 0.1) is 23.7 Å². The highest BCUT2D eigenvalue weighted by Gasteiger charge is 2.30. The molecule has 3 unspecified atom stereocenters. The van der Waals surface area contributed by atoms with E-state index in [0.717, 1.165) is 108 Å². The molecule has 0 spiro atoms. The van der Waals surface area contributed by atoms with E-state index < -0.39 is 97.5 Å². The van der Waals surface area contributed by atoms with Crippen LogP contribution in [0.25, 0.3) is 0 Å². The van der Waals surface area contributed by atoms with Gasteiger partial charge in [-0.25, -0.2) is 9.13 Å². The molecule has 19 heteroatoms. The van der Waals surface area contributed by atoms with E-state index in [-0.39, 0.29) is 25.7 Å². The number of aliphatic hydroxyl groups excluding tert-OH is 1. The summed E-state index contributed by atoms with van der Waals surface area (Å²) in [5.41, 5.74) is 0. The Balaban J connectivity index is 5.25. The average molecular weight is 1280 g/mol. The zero-order valence-electron chi connectivity index (χ0n) is 56.6. The monoisotopic (exact) mass is 1280 g/mol. The van der Waals surface area contributed by atoms with Gasteiger partial charge in [0.1, 0.15) is 19.3 Å². The van der Waals surface area contributed by atoms with E-state index in [4.69, 9.17) is 37.0 Å². The van der Waals surface area contributed by atoms with Crippen molar-refractivity contribution in [3.63, 3.8) is 0 Å². The van der Waals surface area contributed by atoms with Crippen molar-refractivity contribution in [2.24, 2.45) is 23.7 Å². The Labute approximate surface area is 530 Å². The number of unbranched alkanes of at least 4 members (excludes halogenated alkanes) is 30. The SMILES string of the molecule is CCC(C)CCCCCCCCCCCCC(=O)O[C@H](COC(=O)CCCCCCCCCCCCCC(C)C)COP(=O)(O)OC[C@@H](O)COP(=O)(O)OC[C@@H](COC(=O)CCCCCCCCC(C)C)OC(=O)CCCCCCCCCC(C)C. The molecule has 6 atom stereocenters. The summed E-state index contributed by atoms with van der Waals surface area (Å²) in [6, 6.07) is 0. The van der Waals surface area contributed by atoms with Gasteiger partial charge in [-0.1, -0.05) is 280 Å². The summed E-state index contributed by atoms with van der Waals surface area (Å²) in [6.07, 6.45) is 39.1. The summed E-state index contributed by atoms with van der Waals surface area (Å²) < 4.78 is 68.1. The van der Waals surface area contributed by atoms with Gasteiger partial charge in [-0.2, -0.15) is 0 Å². The molecule has 0 fully saturated rings. The van der Waals surface area contributed by atoms with Crippen LogP contribution in [-0.2, 0) is 65.4 Å². The van der Waals surface area contributed by atoms with Crippen LogP contribution in [0.4, 0.5) is 0 Å². The van der Waals surface area contributed by atoms with Gasteiger partial charge in [-0.15, -0.1) is 0 Å². The molecule has 0 bridgehead atoms. The molecule has 17 nitrogen and oxygen atoms in total. The first kappa shape index (κ1) is 85.1. The first-order chi connectivity index (χ1) is 41.6. The number of carbonyl (C=O) groups is 4. The fourth-order valence-electron chi connectivity index (χ4n) is 10.1. The summed E-state index contributed by atoms with van der Waals surface area (Å²) in [4.78, 5) is 72.4. The van der Waals surface area contributed by atoms with Crippen LogP contribution in [0.1, 0.15) is 331 Å². The molecule has 0 aliphatic heterocycles. The quantitative estimate of drug-likeness (QED) is 0.0222. The highest BCUT2D eigenvalue weighted by molar-refractivity contribution is 7.47. The molecule has 516 valence electrons. The molecular formula is C68H132O17P2. The maximum absolute atomic E-state index is 13.0. The lowest BCUT2D eigenvalue weighted by Gasteiger charge is -2.21. The number of aliphatic hydroxyl groups is 1. The van der Waals surface area contributed by atoms with Gasteiger partial charge >= 0.3 is 39.5 Å². The largest absolute Gasteiger partial charge is 0.472 e. The molecule has 0 aliphatic rings. The molecule has 0 aliphatic carbocycles. The number of hydrogen-bond acceptors (Lipinski definition) is 15. The highest BCUT2D eigenvalue weighted by atomic mass is 31.2. The zero-order valence-corrected chi connectivity index (χ0v) is 58.4. The van der Waals surface area contributed by atoms with Crippen molar-refractivity contribution < 1.29 is 80.2 Å².